The first-order valence-electron chi connectivity index (χ1n) is 6.00. The smallest absolute Gasteiger partial charge is 0.123 e. The van der Waals surface area contributed by atoms with E-state index in [1.807, 2.05) is 36.7 Å². The molecule has 3 nitrogen and oxygen atoms in total. The largest absolute Gasteiger partial charge is 0.496 e. The number of nitrogens with zero attached hydrogens (tertiary/aromatic N) is 2. The molecule has 1 heterocycles. The third-order valence-electron chi connectivity index (χ3n) is 3.11. The topological polar surface area (TPSA) is 27.1 Å². The van der Waals surface area contributed by atoms with Crippen molar-refractivity contribution >= 4 is 27.0 Å². The van der Waals surface area contributed by atoms with Gasteiger partial charge in [-0.15, -0.1) is 0 Å². The highest BCUT2D eigenvalue weighted by Crippen LogP contribution is 2.25. The van der Waals surface area contributed by atoms with Gasteiger partial charge < -0.3 is 9.30 Å². The highest BCUT2D eigenvalue weighted by atomic mass is 79.9. The van der Waals surface area contributed by atoms with Crippen LogP contribution in [-0.4, -0.2) is 16.7 Å². The molecule has 2 aromatic carbocycles. The molecule has 0 amide bonds. The summed E-state index contributed by atoms with van der Waals surface area (Å²) < 4.78 is 8.58. The first kappa shape index (κ1) is 12.2. The van der Waals surface area contributed by atoms with Gasteiger partial charge in [-0.25, -0.2) is 4.98 Å². The summed E-state index contributed by atoms with van der Waals surface area (Å²) in [5.74, 6) is 0.890. The molecular weight excluding hydrogens is 304 g/mol. The first-order chi connectivity index (χ1) is 9.28. The summed E-state index contributed by atoms with van der Waals surface area (Å²) in [6.45, 7) is 0.739. The third-order valence-corrected chi connectivity index (χ3v) is 3.60. The van der Waals surface area contributed by atoms with E-state index in [-0.39, 0.29) is 0 Å². The van der Waals surface area contributed by atoms with Crippen molar-refractivity contribution in [2.45, 2.75) is 6.54 Å². The Hall–Kier alpha value is -1.81. The summed E-state index contributed by atoms with van der Waals surface area (Å²) >= 11 is 3.50. The van der Waals surface area contributed by atoms with E-state index < -0.39 is 0 Å². The fraction of sp³-hybridized carbons (Fsp3) is 0.133. The summed E-state index contributed by atoms with van der Waals surface area (Å²) in [7, 11) is 1.69. The fourth-order valence-electron chi connectivity index (χ4n) is 2.19. The minimum Gasteiger partial charge on any atom is -0.496 e. The number of methoxy groups -OCH3 is 1. The van der Waals surface area contributed by atoms with E-state index in [4.69, 9.17) is 4.74 Å². The number of rotatable bonds is 3. The van der Waals surface area contributed by atoms with Gasteiger partial charge in [0, 0.05) is 10.0 Å². The van der Waals surface area contributed by atoms with Gasteiger partial charge in [-0.1, -0.05) is 28.1 Å². The fourth-order valence-corrected chi connectivity index (χ4v) is 2.60. The molecule has 0 aliphatic heterocycles. The molecule has 0 bridgehead atoms. The summed E-state index contributed by atoms with van der Waals surface area (Å²) in [5, 5.41) is 0. The van der Waals surface area contributed by atoms with Gasteiger partial charge in [-0.3, -0.25) is 0 Å². The Balaban J connectivity index is 2.03. The van der Waals surface area contributed by atoms with Gasteiger partial charge in [0.2, 0.25) is 0 Å². The molecule has 0 unspecified atom stereocenters. The van der Waals surface area contributed by atoms with E-state index in [1.54, 1.807) is 7.11 Å². The van der Waals surface area contributed by atoms with Crippen molar-refractivity contribution < 1.29 is 4.74 Å². The number of para-hydroxylation sites is 2. The number of imidazole rings is 1. The minimum absolute atomic E-state index is 0.739. The number of aromatic nitrogens is 2. The third kappa shape index (κ3) is 2.36. The van der Waals surface area contributed by atoms with Gasteiger partial charge in [0.15, 0.2) is 0 Å². The Morgan fingerprint density at radius 3 is 2.89 bits per heavy atom. The number of fused-ring (bicyclic) bond motifs is 1. The molecule has 3 rings (SSSR count). The average molecular weight is 317 g/mol. The maximum absolute atomic E-state index is 5.41. The second kappa shape index (κ2) is 5.05. The van der Waals surface area contributed by atoms with E-state index in [9.17, 15) is 0 Å². The van der Waals surface area contributed by atoms with Crippen molar-refractivity contribution in [2.75, 3.05) is 7.11 Å². The predicted octanol–water partition coefficient (Wildman–Crippen LogP) is 3.86. The van der Waals surface area contributed by atoms with Crippen LogP contribution in [0.25, 0.3) is 11.0 Å². The van der Waals surface area contributed by atoms with Gasteiger partial charge in [0.25, 0.3) is 0 Å². The van der Waals surface area contributed by atoms with Crippen LogP contribution in [0.1, 0.15) is 5.56 Å². The van der Waals surface area contributed by atoms with Crippen LogP contribution >= 0.6 is 15.9 Å². The van der Waals surface area contributed by atoms with Crippen molar-refractivity contribution in [3.63, 3.8) is 0 Å². The molecule has 0 N–H and O–H groups in total. The van der Waals surface area contributed by atoms with Crippen LogP contribution in [0.5, 0.6) is 5.75 Å². The quantitative estimate of drug-likeness (QED) is 0.733. The zero-order valence-electron chi connectivity index (χ0n) is 10.5. The molecule has 0 aliphatic rings. The van der Waals surface area contributed by atoms with E-state index in [0.29, 0.717) is 0 Å². The van der Waals surface area contributed by atoms with Crippen molar-refractivity contribution in [1.82, 2.24) is 9.55 Å². The zero-order chi connectivity index (χ0) is 13.2. The molecule has 1 aromatic heterocycles. The standard InChI is InChI=1S/C15H13BrN2O/c1-19-15-7-6-12(16)8-11(15)9-18-10-17-13-4-2-3-5-14(13)18/h2-8,10H,9H2,1H3. The van der Waals surface area contributed by atoms with E-state index in [1.165, 1.54) is 0 Å². The van der Waals surface area contributed by atoms with Gasteiger partial charge in [0.05, 0.1) is 31.0 Å². The molecule has 19 heavy (non-hydrogen) atoms. The van der Waals surface area contributed by atoms with Crippen molar-refractivity contribution in [1.29, 1.82) is 0 Å². The van der Waals surface area contributed by atoms with Crippen LogP contribution in [-0.2, 0) is 6.54 Å². The molecule has 4 heteroatoms. The molecule has 96 valence electrons. The second-order valence-electron chi connectivity index (χ2n) is 4.32. The Kier molecular flexibility index (Phi) is 3.25. The van der Waals surface area contributed by atoms with Crippen molar-refractivity contribution in [3.05, 3.63) is 58.8 Å². The molecule has 0 atom stereocenters. The summed E-state index contributed by atoms with van der Waals surface area (Å²) in [4.78, 5) is 4.40. The molecular formula is C15H13BrN2O. The lowest BCUT2D eigenvalue weighted by Crippen LogP contribution is -2.00. The molecule has 0 fully saturated rings. The van der Waals surface area contributed by atoms with Crippen molar-refractivity contribution in [2.24, 2.45) is 0 Å². The van der Waals surface area contributed by atoms with Gasteiger partial charge in [0.1, 0.15) is 5.75 Å². The Bertz CT molecular complexity index is 721. The molecule has 3 aromatic rings. The SMILES string of the molecule is COc1ccc(Br)cc1Cn1cnc2ccccc21. The second-order valence-corrected chi connectivity index (χ2v) is 5.23. The Morgan fingerprint density at radius 2 is 2.05 bits per heavy atom. The van der Waals surface area contributed by atoms with Crippen LogP contribution in [0.4, 0.5) is 0 Å². The number of ether oxygens (including phenoxy) is 1. The highest BCUT2D eigenvalue weighted by molar-refractivity contribution is 9.10. The van der Waals surface area contributed by atoms with Crippen LogP contribution < -0.4 is 4.74 Å². The van der Waals surface area contributed by atoms with E-state index in [2.05, 4.69) is 37.6 Å². The van der Waals surface area contributed by atoms with Crippen LogP contribution in [0, 0.1) is 0 Å². The maximum Gasteiger partial charge on any atom is 0.123 e. The number of benzene rings is 2. The number of hydrogen-bond acceptors (Lipinski definition) is 2. The Morgan fingerprint density at radius 1 is 1.21 bits per heavy atom. The van der Waals surface area contributed by atoms with E-state index in [0.717, 1.165) is 33.4 Å². The summed E-state index contributed by atoms with van der Waals surface area (Å²) in [6.07, 6.45) is 1.87. The lowest BCUT2D eigenvalue weighted by molar-refractivity contribution is 0.408. The molecule has 0 radical (unpaired) electrons. The molecule has 0 spiro atoms. The van der Waals surface area contributed by atoms with Crippen LogP contribution in [0.3, 0.4) is 0 Å². The monoisotopic (exact) mass is 316 g/mol. The lowest BCUT2D eigenvalue weighted by atomic mass is 10.2. The highest BCUT2D eigenvalue weighted by Gasteiger charge is 2.07. The summed E-state index contributed by atoms with van der Waals surface area (Å²) in [5.41, 5.74) is 3.26. The zero-order valence-corrected chi connectivity index (χ0v) is 12.1. The summed E-state index contributed by atoms with van der Waals surface area (Å²) in [6, 6.07) is 14.1. The maximum atomic E-state index is 5.41. The predicted molar refractivity (Wildman–Crippen MR) is 79.5 cm³/mol. The van der Waals surface area contributed by atoms with Crippen molar-refractivity contribution in [3.8, 4) is 5.75 Å². The lowest BCUT2D eigenvalue weighted by Gasteiger charge is -2.10. The van der Waals surface area contributed by atoms with Crippen LogP contribution in [0.15, 0.2) is 53.3 Å². The number of hydrogen-bond donors (Lipinski definition) is 0. The molecule has 0 saturated heterocycles. The normalized spacial score (nSPS) is 10.8. The minimum atomic E-state index is 0.739. The Labute approximate surface area is 120 Å². The van der Waals surface area contributed by atoms with E-state index >= 15 is 0 Å². The van der Waals surface area contributed by atoms with Crippen LogP contribution in [0.2, 0.25) is 0 Å². The molecule has 0 saturated carbocycles. The number of halogens is 1. The van der Waals surface area contributed by atoms with Gasteiger partial charge >= 0.3 is 0 Å². The van der Waals surface area contributed by atoms with Gasteiger partial charge in [-0.2, -0.15) is 0 Å². The molecule has 0 aliphatic carbocycles. The average Bonchev–Trinajstić information content (AvgIpc) is 2.83. The van der Waals surface area contributed by atoms with Gasteiger partial charge in [-0.05, 0) is 30.3 Å². The first-order valence-corrected chi connectivity index (χ1v) is 6.79.